The van der Waals surface area contributed by atoms with Crippen LogP contribution in [0.25, 0.3) is 5.65 Å². The van der Waals surface area contributed by atoms with Crippen LogP contribution in [0.4, 0.5) is 0 Å². The van der Waals surface area contributed by atoms with E-state index < -0.39 is 0 Å². The molecule has 0 aliphatic carbocycles. The lowest BCUT2D eigenvalue weighted by Gasteiger charge is -2.41. The molecule has 1 saturated heterocycles. The second kappa shape index (κ2) is 7.73. The molecule has 4 heterocycles. The standard InChI is InChI=1S/C20H25N5O3/c1-14-10-19-21-18(11-15(2)25(19)22-14)20(27)24-7-6-23(16(12-24)5-8-26)13-17-4-3-9-28-17/h3-4,9-11,16,26H,5-8,12-13H2,1-2H3/t16-/m0/s1. The molecule has 8 nitrogen and oxygen atoms in total. The van der Waals surface area contributed by atoms with Crippen molar-refractivity contribution in [1.82, 2.24) is 24.4 Å². The topological polar surface area (TPSA) is 87.1 Å². The molecule has 148 valence electrons. The third-order valence-electron chi connectivity index (χ3n) is 5.24. The molecule has 0 aromatic carbocycles. The maximum absolute atomic E-state index is 13.1. The van der Waals surface area contributed by atoms with Gasteiger partial charge in [-0.3, -0.25) is 9.69 Å². The Labute approximate surface area is 163 Å². The van der Waals surface area contributed by atoms with E-state index in [4.69, 9.17) is 4.42 Å². The largest absolute Gasteiger partial charge is 0.468 e. The number of rotatable bonds is 5. The highest BCUT2D eigenvalue weighted by atomic mass is 16.3. The predicted octanol–water partition coefficient (Wildman–Crippen LogP) is 1.65. The summed E-state index contributed by atoms with van der Waals surface area (Å²) in [5, 5.41) is 13.9. The van der Waals surface area contributed by atoms with E-state index in [1.54, 1.807) is 16.8 Å². The Morgan fingerprint density at radius 2 is 2.18 bits per heavy atom. The normalized spacial score (nSPS) is 18.1. The summed E-state index contributed by atoms with van der Waals surface area (Å²) in [6.07, 6.45) is 2.27. The molecule has 1 amide bonds. The average Bonchev–Trinajstić information content (AvgIpc) is 3.31. The van der Waals surface area contributed by atoms with Gasteiger partial charge in [0.05, 0.1) is 18.5 Å². The summed E-state index contributed by atoms with van der Waals surface area (Å²) in [5.41, 5.74) is 2.87. The van der Waals surface area contributed by atoms with Crippen LogP contribution >= 0.6 is 0 Å². The highest BCUT2D eigenvalue weighted by Crippen LogP contribution is 2.19. The van der Waals surface area contributed by atoms with Crippen LogP contribution in [0.15, 0.2) is 34.9 Å². The smallest absolute Gasteiger partial charge is 0.272 e. The number of fused-ring (bicyclic) bond motifs is 1. The number of aliphatic hydroxyl groups excluding tert-OH is 1. The minimum Gasteiger partial charge on any atom is -0.468 e. The van der Waals surface area contributed by atoms with Crippen molar-refractivity contribution in [1.29, 1.82) is 0 Å². The molecular formula is C20H25N5O3. The molecular weight excluding hydrogens is 358 g/mol. The molecule has 28 heavy (non-hydrogen) atoms. The summed E-state index contributed by atoms with van der Waals surface area (Å²) in [7, 11) is 0. The number of hydrogen-bond donors (Lipinski definition) is 1. The Bertz CT molecular complexity index is 966. The number of carbonyl (C=O) groups excluding carboxylic acids is 1. The van der Waals surface area contributed by atoms with Gasteiger partial charge in [-0.2, -0.15) is 5.10 Å². The number of furan rings is 1. The molecule has 1 aliphatic rings. The number of amides is 1. The molecule has 1 atom stereocenters. The molecule has 0 spiro atoms. The van der Waals surface area contributed by atoms with Gasteiger partial charge in [0.1, 0.15) is 11.5 Å². The Kier molecular flexibility index (Phi) is 5.15. The van der Waals surface area contributed by atoms with Gasteiger partial charge in [-0.15, -0.1) is 0 Å². The summed E-state index contributed by atoms with van der Waals surface area (Å²) in [5.74, 6) is 0.812. The third-order valence-corrected chi connectivity index (χ3v) is 5.24. The Morgan fingerprint density at radius 1 is 1.32 bits per heavy atom. The fraction of sp³-hybridized carbons (Fsp3) is 0.450. The van der Waals surface area contributed by atoms with Gasteiger partial charge in [0.25, 0.3) is 5.91 Å². The Hall–Kier alpha value is -2.71. The van der Waals surface area contributed by atoms with Crippen molar-refractivity contribution in [2.45, 2.75) is 32.9 Å². The molecule has 8 heteroatoms. The summed E-state index contributed by atoms with van der Waals surface area (Å²) >= 11 is 0. The van der Waals surface area contributed by atoms with Crippen LogP contribution in [0.3, 0.4) is 0 Å². The van der Waals surface area contributed by atoms with E-state index >= 15 is 0 Å². The summed E-state index contributed by atoms with van der Waals surface area (Å²) in [4.78, 5) is 21.7. The van der Waals surface area contributed by atoms with Crippen LogP contribution in [-0.2, 0) is 6.54 Å². The van der Waals surface area contributed by atoms with Crippen molar-refractivity contribution in [2.24, 2.45) is 0 Å². The fourth-order valence-electron chi connectivity index (χ4n) is 3.82. The molecule has 1 N–H and O–H groups in total. The zero-order valence-electron chi connectivity index (χ0n) is 16.2. The van der Waals surface area contributed by atoms with Crippen LogP contribution in [0.5, 0.6) is 0 Å². The minimum atomic E-state index is -0.0787. The number of aryl methyl sites for hydroxylation is 2. The van der Waals surface area contributed by atoms with Crippen molar-refractivity contribution in [3.8, 4) is 0 Å². The average molecular weight is 383 g/mol. The first-order chi connectivity index (χ1) is 13.5. The van der Waals surface area contributed by atoms with Gasteiger partial charge in [0.2, 0.25) is 0 Å². The van der Waals surface area contributed by atoms with Gasteiger partial charge >= 0.3 is 0 Å². The Morgan fingerprint density at radius 3 is 2.93 bits per heavy atom. The molecule has 3 aromatic heterocycles. The number of hydrogen-bond acceptors (Lipinski definition) is 6. The zero-order valence-corrected chi connectivity index (χ0v) is 16.2. The lowest BCUT2D eigenvalue weighted by Crippen LogP contribution is -2.54. The van der Waals surface area contributed by atoms with E-state index in [1.807, 2.05) is 36.9 Å². The quantitative estimate of drug-likeness (QED) is 0.721. The van der Waals surface area contributed by atoms with E-state index in [2.05, 4.69) is 15.0 Å². The summed E-state index contributed by atoms with van der Waals surface area (Å²) in [6, 6.07) is 7.56. The molecule has 4 rings (SSSR count). The molecule has 0 bridgehead atoms. The maximum Gasteiger partial charge on any atom is 0.272 e. The first-order valence-corrected chi connectivity index (χ1v) is 9.56. The lowest BCUT2D eigenvalue weighted by molar-refractivity contribution is 0.0369. The van der Waals surface area contributed by atoms with Gasteiger partial charge < -0.3 is 14.4 Å². The molecule has 1 aliphatic heterocycles. The van der Waals surface area contributed by atoms with Gasteiger partial charge in [0, 0.05) is 44.0 Å². The van der Waals surface area contributed by atoms with Crippen LogP contribution in [0.1, 0.15) is 34.1 Å². The zero-order chi connectivity index (χ0) is 19.7. The molecule has 0 unspecified atom stereocenters. The lowest BCUT2D eigenvalue weighted by atomic mass is 10.1. The van der Waals surface area contributed by atoms with Crippen molar-refractivity contribution in [2.75, 3.05) is 26.2 Å². The van der Waals surface area contributed by atoms with Crippen LogP contribution in [-0.4, -0.2) is 67.7 Å². The summed E-state index contributed by atoms with van der Waals surface area (Å²) in [6.45, 7) is 6.50. The molecule has 3 aromatic rings. The van der Waals surface area contributed by atoms with E-state index in [0.29, 0.717) is 37.4 Å². The predicted molar refractivity (Wildman–Crippen MR) is 103 cm³/mol. The van der Waals surface area contributed by atoms with Crippen LogP contribution < -0.4 is 0 Å². The number of carbonyl (C=O) groups is 1. The number of aromatic nitrogens is 3. The molecule has 0 saturated carbocycles. The molecule has 1 fully saturated rings. The fourth-order valence-corrected chi connectivity index (χ4v) is 3.82. The minimum absolute atomic E-state index is 0.0786. The van der Waals surface area contributed by atoms with Crippen molar-refractivity contribution in [3.63, 3.8) is 0 Å². The second-order valence-corrected chi connectivity index (χ2v) is 7.31. The van der Waals surface area contributed by atoms with Gasteiger partial charge in [0.15, 0.2) is 5.65 Å². The third kappa shape index (κ3) is 3.65. The van der Waals surface area contributed by atoms with Crippen LogP contribution in [0, 0.1) is 13.8 Å². The van der Waals surface area contributed by atoms with Gasteiger partial charge in [-0.1, -0.05) is 0 Å². The van der Waals surface area contributed by atoms with Gasteiger partial charge in [-0.25, -0.2) is 9.50 Å². The van der Waals surface area contributed by atoms with Crippen molar-refractivity contribution < 1.29 is 14.3 Å². The van der Waals surface area contributed by atoms with Crippen molar-refractivity contribution >= 4 is 11.6 Å². The summed E-state index contributed by atoms with van der Waals surface area (Å²) < 4.78 is 7.21. The first kappa shape index (κ1) is 18.6. The highest BCUT2D eigenvalue weighted by molar-refractivity contribution is 5.93. The number of aliphatic hydroxyl groups is 1. The molecule has 0 radical (unpaired) electrons. The van der Waals surface area contributed by atoms with Crippen LogP contribution in [0.2, 0.25) is 0 Å². The van der Waals surface area contributed by atoms with E-state index in [9.17, 15) is 9.90 Å². The van der Waals surface area contributed by atoms with E-state index in [0.717, 1.165) is 23.7 Å². The maximum atomic E-state index is 13.1. The SMILES string of the molecule is Cc1cc2nc(C(=O)N3CCN(Cc4ccco4)[C@@H](CCO)C3)cc(C)n2n1. The van der Waals surface area contributed by atoms with Crippen molar-refractivity contribution in [3.05, 3.63) is 53.4 Å². The van der Waals surface area contributed by atoms with E-state index in [1.165, 1.54) is 0 Å². The Balaban J connectivity index is 1.52. The number of piperazine rings is 1. The monoisotopic (exact) mass is 383 g/mol. The first-order valence-electron chi connectivity index (χ1n) is 9.56. The van der Waals surface area contributed by atoms with E-state index in [-0.39, 0.29) is 18.6 Å². The number of nitrogens with zero attached hydrogens (tertiary/aromatic N) is 5. The van der Waals surface area contributed by atoms with Gasteiger partial charge in [-0.05, 0) is 38.5 Å². The second-order valence-electron chi connectivity index (χ2n) is 7.31. The highest BCUT2D eigenvalue weighted by Gasteiger charge is 2.31.